The number of ether oxygens (including phenoxy) is 1. The van der Waals surface area contributed by atoms with Gasteiger partial charge in [0.05, 0.1) is 13.0 Å². The molecule has 5 heteroatoms. The van der Waals surface area contributed by atoms with Crippen molar-refractivity contribution in [3.63, 3.8) is 0 Å². The number of carbonyl (C=O) groups is 1. The average molecular weight is 368 g/mol. The van der Waals surface area contributed by atoms with Gasteiger partial charge in [-0.15, -0.1) is 0 Å². The van der Waals surface area contributed by atoms with Crippen molar-refractivity contribution in [3.05, 3.63) is 52.2 Å². The van der Waals surface area contributed by atoms with E-state index in [1.807, 2.05) is 36.4 Å². The van der Waals surface area contributed by atoms with Crippen LogP contribution in [0.15, 0.2) is 48.7 Å². The molecule has 4 nitrogen and oxygen atoms in total. The number of rotatable bonds is 5. The van der Waals surface area contributed by atoms with Crippen LogP contribution in [0.5, 0.6) is 5.75 Å². The van der Waals surface area contributed by atoms with Gasteiger partial charge in [0.2, 0.25) is 5.91 Å². The fraction of sp³-hybridized carbons (Fsp3) is 0.143. The molecule has 1 amide bonds. The summed E-state index contributed by atoms with van der Waals surface area (Å²) in [6.07, 6.45) is 2.00. The third kappa shape index (κ3) is 4.86. The van der Waals surface area contributed by atoms with E-state index in [1.54, 1.807) is 12.3 Å². The summed E-state index contributed by atoms with van der Waals surface area (Å²) in [7, 11) is 0. The lowest BCUT2D eigenvalue weighted by Crippen LogP contribution is -2.15. The van der Waals surface area contributed by atoms with Gasteiger partial charge in [-0.05, 0) is 46.9 Å². The summed E-state index contributed by atoms with van der Waals surface area (Å²) in [6.45, 7) is 0.347. The number of nitrogens with one attached hydrogen (secondary N) is 1. The van der Waals surface area contributed by atoms with Crippen LogP contribution in [0, 0.1) is 3.57 Å². The Morgan fingerprint density at radius 2 is 2.00 bits per heavy atom. The van der Waals surface area contributed by atoms with Crippen molar-refractivity contribution < 1.29 is 9.53 Å². The zero-order valence-corrected chi connectivity index (χ0v) is 12.3. The number of carbonyl (C=O) groups excluding carboxylic acids is 1. The molecule has 0 aliphatic rings. The van der Waals surface area contributed by atoms with Crippen molar-refractivity contribution in [1.29, 1.82) is 0 Å². The molecule has 0 saturated heterocycles. The van der Waals surface area contributed by atoms with E-state index in [4.69, 9.17) is 4.74 Å². The van der Waals surface area contributed by atoms with Crippen LogP contribution in [0.1, 0.15) is 6.42 Å². The van der Waals surface area contributed by atoms with E-state index in [1.165, 1.54) is 0 Å². The first-order valence-electron chi connectivity index (χ1n) is 5.83. The van der Waals surface area contributed by atoms with E-state index in [2.05, 4.69) is 32.9 Å². The second-order valence-corrected chi connectivity index (χ2v) is 5.07. The number of anilines is 1. The lowest BCUT2D eigenvalue weighted by Gasteiger charge is -2.06. The number of halogens is 1. The van der Waals surface area contributed by atoms with Gasteiger partial charge in [0.15, 0.2) is 0 Å². The molecule has 98 valence electrons. The van der Waals surface area contributed by atoms with Crippen LogP contribution in [-0.2, 0) is 4.79 Å². The summed E-state index contributed by atoms with van der Waals surface area (Å²) < 4.78 is 6.48. The Morgan fingerprint density at radius 1 is 1.21 bits per heavy atom. The monoisotopic (exact) mass is 368 g/mol. The largest absolute Gasteiger partial charge is 0.493 e. The van der Waals surface area contributed by atoms with Crippen molar-refractivity contribution in [3.8, 4) is 5.75 Å². The van der Waals surface area contributed by atoms with Crippen molar-refractivity contribution in [2.45, 2.75) is 6.42 Å². The second kappa shape index (κ2) is 7.08. The third-order valence-corrected chi connectivity index (χ3v) is 2.97. The zero-order valence-electron chi connectivity index (χ0n) is 10.2. The Balaban J connectivity index is 1.74. The molecule has 0 fully saturated rings. The number of benzene rings is 1. The molecular formula is C14H13IN2O2. The maximum Gasteiger partial charge on any atom is 0.228 e. The number of nitrogens with zero attached hydrogens (tertiary/aromatic N) is 1. The molecule has 0 spiro atoms. The van der Waals surface area contributed by atoms with Crippen LogP contribution in [0.4, 0.5) is 5.82 Å². The molecule has 0 radical (unpaired) electrons. The van der Waals surface area contributed by atoms with Crippen LogP contribution in [-0.4, -0.2) is 17.5 Å². The minimum atomic E-state index is -0.107. The van der Waals surface area contributed by atoms with E-state index in [-0.39, 0.29) is 5.91 Å². The van der Waals surface area contributed by atoms with E-state index < -0.39 is 0 Å². The molecule has 0 bridgehead atoms. The van der Waals surface area contributed by atoms with E-state index in [0.717, 1.165) is 9.32 Å². The number of pyridine rings is 1. The maximum absolute atomic E-state index is 11.7. The Kier molecular flexibility index (Phi) is 5.14. The number of aromatic nitrogens is 1. The summed E-state index contributed by atoms with van der Waals surface area (Å²) >= 11 is 2.16. The smallest absolute Gasteiger partial charge is 0.228 e. The van der Waals surface area contributed by atoms with Crippen LogP contribution < -0.4 is 10.1 Å². The quantitative estimate of drug-likeness (QED) is 0.826. The highest BCUT2D eigenvalue weighted by molar-refractivity contribution is 14.1. The molecule has 1 aromatic carbocycles. The molecule has 1 heterocycles. The summed E-state index contributed by atoms with van der Waals surface area (Å²) in [4.78, 5) is 15.8. The fourth-order valence-corrected chi connectivity index (χ4v) is 1.75. The molecule has 1 aromatic heterocycles. The summed E-state index contributed by atoms with van der Waals surface area (Å²) in [6, 6.07) is 13.1. The zero-order chi connectivity index (χ0) is 13.5. The molecule has 0 atom stereocenters. The normalized spacial score (nSPS) is 9.95. The topological polar surface area (TPSA) is 51.2 Å². The lowest BCUT2D eigenvalue weighted by atomic mass is 10.3. The van der Waals surface area contributed by atoms with Gasteiger partial charge in [-0.3, -0.25) is 4.79 Å². The predicted octanol–water partition coefficient (Wildman–Crippen LogP) is 3.09. The third-order valence-electron chi connectivity index (χ3n) is 2.34. The highest BCUT2D eigenvalue weighted by atomic mass is 127. The molecule has 0 unspecified atom stereocenters. The first-order valence-corrected chi connectivity index (χ1v) is 6.91. The first kappa shape index (κ1) is 13.8. The molecule has 19 heavy (non-hydrogen) atoms. The lowest BCUT2D eigenvalue weighted by molar-refractivity contribution is -0.116. The van der Waals surface area contributed by atoms with Gasteiger partial charge in [0.25, 0.3) is 0 Å². The molecule has 2 rings (SSSR count). The Hall–Kier alpha value is -1.63. The van der Waals surface area contributed by atoms with E-state index in [0.29, 0.717) is 18.8 Å². The van der Waals surface area contributed by atoms with E-state index in [9.17, 15) is 4.79 Å². The highest BCUT2D eigenvalue weighted by Crippen LogP contribution is 2.09. The van der Waals surface area contributed by atoms with Crippen molar-refractivity contribution in [2.75, 3.05) is 11.9 Å². The highest BCUT2D eigenvalue weighted by Gasteiger charge is 2.03. The van der Waals surface area contributed by atoms with Gasteiger partial charge in [-0.25, -0.2) is 4.98 Å². The molecule has 2 aromatic rings. The Morgan fingerprint density at radius 3 is 2.68 bits per heavy atom. The standard InChI is InChI=1S/C14H13IN2O2/c15-11-6-7-13(16-10-11)17-14(18)8-9-19-12-4-2-1-3-5-12/h1-7,10H,8-9H2,(H,16,17,18). The Labute approximate surface area is 125 Å². The van der Waals surface area contributed by atoms with Gasteiger partial charge in [0, 0.05) is 9.77 Å². The predicted molar refractivity (Wildman–Crippen MR) is 82.1 cm³/mol. The van der Waals surface area contributed by atoms with Crippen molar-refractivity contribution in [1.82, 2.24) is 4.98 Å². The van der Waals surface area contributed by atoms with Crippen molar-refractivity contribution >= 4 is 34.3 Å². The molecule has 0 saturated carbocycles. The first-order chi connectivity index (χ1) is 9.24. The molecule has 0 aliphatic carbocycles. The van der Waals surface area contributed by atoms with Gasteiger partial charge in [-0.2, -0.15) is 0 Å². The van der Waals surface area contributed by atoms with Gasteiger partial charge in [0.1, 0.15) is 11.6 Å². The fourth-order valence-electron chi connectivity index (χ4n) is 1.43. The number of para-hydroxylation sites is 1. The van der Waals surface area contributed by atoms with Crippen LogP contribution in [0.3, 0.4) is 0 Å². The minimum Gasteiger partial charge on any atom is -0.493 e. The maximum atomic E-state index is 11.7. The summed E-state index contributed by atoms with van der Waals surface area (Å²) in [5.41, 5.74) is 0. The van der Waals surface area contributed by atoms with Crippen LogP contribution in [0.25, 0.3) is 0 Å². The molecular weight excluding hydrogens is 355 g/mol. The van der Waals surface area contributed by atoms with E-state index >= 15 is 0 Å². The summed E-state index contributed by atoms with van der Waals surface area (Å²) in [5, 5.41) is 2.72. The Bertz CT molecular complexity index is 529. The SMILES string of the molecule is O=C(CCOc1ccccc1)Nc1ccc(I)cn1. The average Bonchev–Trinajstić information content (AvgIpc) is 2.43. The molecule has 0 aliphatic heterocycles. The molecule has 1 N–H and O–H groups in total. The van der Waals surface area contributed by atoms with Gasteiger partial charge >= 0.3 is 0 Å². The number of hydrogen-bond donors (Lipinski definition) is 1. The second-order valence-electron chi connectivity index (χ2n) is 3.82. The van der Waals surface area contributed by atoms with Crippen LogP contribution in [0.2, 0.25) is 0 Å². The van der Waals surface area contributed by atoms with Crippen LogP contribution >= 0.6 is 22.6 Å². The number of amides is 1. The number of hydrogen-bond acceptors (Lipinski definition) is 3. The summed E-state index contributed by atoms with van der Waals surface area (Å²) in [5.74, 6) is 1.22. The minimum absolute atomic E-state index is 0.107. The van der Waals surface area contributed by atoms with Crippen molar-refractivity contribution in [2.24, 2.45) is 0 Å². The van der Waals surface area contributed by atoms with Gasteiger partial charge in [-0.1, -0.05) is 18.2 Å². The van der Waals surface area contributed by atoms with Gasteiger partial charge < -0.3 is 10.1 Å².